The zero-order valence-electron chi connectivity index (χ0n) is 14.4. The Hall–Kier alpha value is -1.39. The molecule has 7 nitrogen and oxygen atoms in total. The summed E-state index contributed by atoms with van der Waals surface area (Å²) in [5, 5.41) is 31.3. The molecule has 3 aromatic rings. The second-order valence-electron chi connectivity index (χ2n) is 6.36. The number of fused-ring (bicyclic) bond motifs is 1. The maximum atomic E-state index is 10.5. The maximum Gasteiger partial charge on any atom is 0.171 e. The topological polar surface area (TPSA) is 101 Å². The van der Waals surface area contributed by atoms with E-state index in [0.29, 0.717) is 32.0 Å². The van der Waals surface area contributed by atoms with E-state index in [0.717, 1.165) is 5.69 Å². The fourth-order valence-corrected chi connectivity index (χ4v) is 4.40. The molecule has 28 heavy (non-hydrogen) atoms. The highest BCUT2D eigenvalue weighted by Crippen LogP contribution is 2.38. The lowest BCUT2D eigenvalue weighted by Crippen LogP contribution is -2.33. The molecule has 0 spiro atoms. The van der Waals surface area contributed by atoms with Crippen molar-refractivity contribution < 1.29 is 20.1 Å². The van der Waals surface area contributed by atoms with Gasteiger partial charge in [-0.05, 0) is 24.3 Å². The van der Waals surface area contributed by atoms with Crippen LogP contribution >= 0.6 is 35.0 Å². The third kappa shape index (κ3) is 3.61. The van der Waals surface area contributed by atoms with Crippen LogP contribution in [0.4, 0.5) is 0 Å². The van der Waals surface area contributed by atoms with Crippen LogP contribution in [0.5, 0.6) is 0 Å². The van der Waals surface area contributed by atoms with E-state index in [-0.39, 0.29) is 0 Å². The number of nitrogens with zero attached hydrogens (tertiary/aromatic N) is 3. The standard InChI is InChI=1S/C18H17Cl2N3O4S/c19-10-5-12-13(6-11(10)20)23(17-16(26)15(25)14(7-24)27-17)18(22-12)28-8-9-3-1-2-4-21-9/h1-6,14-17,24-26H,7-8H2/t14-,15-,16-,17-/m1/s1. The molecule has 4 atom stereocenters. The first-order valence-corrected chi connectivity index (χ1v) is 10.3. The molecule has 148 valence electrons. The van der Waals surface area contributed by atoms with Crippen LogP contribution in [0.15, 0.2) is 41.7 Å². The predicted octanol–water partition coefficient (Wildman–Crippen LogP) is 2.64. The monoisotopic (exact) mass is 441 g/mol. The maximum absolute atomic E-state index is 10.5. The van der Waals surface area contributed by atoms with Crippen molar-refractivity contribution in [2.45, 2.75) is 35.4 Å². The van der Waals surface area contributed by atoms with Gasteiger partial charge in [0.25, 0.3) is 0 Å². The molecule has 0 aliphatic carbocycles. The van der Waals surface area contributed by atoms with E-state index in [4.69, 9.17) is 27.9 Å². The number of aromatic nitrogens is 3. The number of ether oxygens (including phenoxy) is 1. The summed E-state index contributed by atoms with van der Waals surface area (Å²) in [7, 11) is 0. The Morgan fingerprint density at radius 2 is 1.93 bits per heavy atom. The summed E-state index contributed by atoms with van der Waals surface area (Å²) in [5.74, 6) is 0.542. The van der Waals surface area contributed by atoms with Crippen LogP contribution in [0.2, 0.25) is 10.0 Å². The van der Waals surface area contributed by atoms with Gasteiger partial charge in [-0.1, -0.05) is 41.0 Å². The average Bonchev–Trinajstić information content (AvgIpc) is 3.18. The number of benzene rings is 1. The third-order valence-electron chi connectivity index (χ3n) is 4.55. The Bertz CT molecular complexity index is 988. The molecule has 3 N–H and O–H groups in total. The molecule has 1 aromatic carbocycles. The van der Waals surface area contributed by atoms with Gasteiger partial charge in [-0.2, -0.15) is 0 Å². The fourth-order valence-electron chi connectivity index (χ4n) is 3.13. The predicted molar refractivity (Wildman–Crippen MR) is 107 cm³/mol. The summed E-state index contributed by atoms with van der Waals surface area (Å²) >= 11 is 13.7. The number of rotatable bonds is 5. The van der Waals surface area contributed by atoms with E-state index in [1.165, 1.54) is 11.8 Å². The van der Waals surface area contributed by atoms with Gasteiger partial charge in [0.2, 0.25) is 0 Å². The Kier molecular flexibility index (Phi) is 5.80. The van der Waals surface area contributed by atoms with E-state index >= 15 is 0 Å². The van der Waals surface area contributed by atoms with Gasteiger partial charge >= 0.3 is 0 Å². The van der Waals surface area contributed by atoms with Crippen LogP contribution in [0, 0.1) is 0 Å². The molecule has 10 heteroatoms. The zero-order valence-corrected chi connectivity index (χ0v) is 16.8. The molecule has 2 aromatic heterocycles. The summed E-state index contributed by atoms with van der Waals surface area (Å²) in [6.45, 7) is -0.412. The lowest BCUT2D eigenvalue weighted by atomic mass is 10.1. The molecule has 1 aliphatic heterocycles. The minimum absolute atomic E-state index is 0.336. The van der Waals surface area contributed by atoms with Crippen LogP contribution in [-0.2, 0) is 10.5 Å². The van der Waals surface area contributed by atoms with Crippen molar-refractivity contribution in [2.24, 2.45) is 0 Å². The van der Waals surface area contributed by atoms with Gasteiger partial charge in [0, 0.05) is 11.9 Å². The molecule has 1 saturated heterocycles. The third-order valence-corrected chi connectivity index (χ3v) is 6.25. The van der Waals surface area contributed by atoms with Crippen molar-refractivity contribution in [2.75, 3.05) is 6.61 Å². The number of hydrogen-bond donors (Lipinski definition) is 3. The number of pyridine rings is 1. The van der Waals surface area contributed by atoms with Crippen molar-refractivity contribution in [3.05, 3.63) is 52.3 Å². The Morgan fingerprint density at radius 1 is 1.14 bits per heavy atom. The van der Waals surface area contributed by atoms with Gasteiger partial charge in [-0.25, -0.2) is 4.98 Å². The van der Waals surface area contributed by atoms with E-state index < -0.39 is 31.1 Å². The minimum Gasteiger partial charge on any atom is -0.394 e. The summed E-state index contributed by atoms with van der Waals surface area (Å²) in [4.78, 5) is 8.91. The summed E-state index contributed by atoms with van der Waals surface area (Å²) in [6, 6.07) is 8.93. The van der Waals surface area contributed by atoms with Gasteiger partial charge in [0.15, 0.2) is 11.4 Å². The number of thioether (sulfide) groups is 1. The van der Waals surface area contributed by atoms with Crippen molar-refractivity contribution in [3.8, 4) is 0 Å². The normalized spacial score (nSPS) is 24.9. The smallest absolute Gasteiger partial charge is 0.171 e. The lowest BCUT2D eigenvalue weighted by Gasteiger charge is -2.19. The average molecular weight is 442 g/mol. The van der Waals surface area contributed by atoms with Crippen molar-refractivity contribution in [3.63, 3.8) is 0 Å². The SMILES string of the molecule is OC[C@H]1O[C@@H](n2c(SCc3ccccn3)nc3cc(Cl)c(Cl)cc32)[C@H](O)[C@@H]1O. The number of aliphatic hydroxyl groups is 3. The van der Waals surface area contributed by atoms with E-state index in [9.17, 15) is 15.3 Å². The van der Waals surface area contributed by atoms with Crippen molar-refractivity contribution >= 4 is 46.0 Å². The molecule has 0 amide bonds. The van der Waals surface area contributed by atoms with Gasteiger partial charge < -0.3 is 20.1 Å². The van der Waals surface area contributed by atoms with Gasteiger partial charge in [-0.3, -0.25) is 9.55 Å². The number of imidazole rings is 1. The van der Waals surface area contributed by atoms with Crippen molar-refractivity contribution in [1.82, 2.24) is 14.5 Å². The second-order valence-corrected chi connectivity index (χ2v) is 8.11. The molecule has 0 bridgehead atoms. The Morgan fingerprint density at radius 3 is 2.61 bits per heavy atom. The Balaban J connectivity index is 1.76. The summed E-state index contributed by atoms with van der Waals surface area (Å²) < 4.78 is 7.39. The molecule has 1 aliphatic rings. The lowest BCUT2D eigenvalue weighted by molar-refractivity contribution is -0.0546. The fraction of sp³-hybridized carbons (Fsp3) is 0.333. The van der Waals surface area contributed by atoms with Crippen molar-refractivity contribution in [1.29, 1.82) is 0 Å². The number of halogens is 2. The molecule has 4 rings (SSSR count). The molecular weight excluding hydrogens is 425 g/mol. The van der Waals surface area contributed by atoms with Crippen LogP contribution in [0.3, 0.4) is 0 Å². The van der Waals surface area contributed by atoms with E-state index in [1.54, 1.807) is 22.9 Å². The molecule has 0 unspecified atom stereocenters. The Labute approximate surface area is 174 Å². The highest BCUT2D eigenvalue weighted by Gasteiger charge is 2.44. The molecular formula is C18H17Cl2N3O4S. The minimum atomic E-state index is -1.24. The summed E-state index contributed by atoms with van der Waals surface area (Å²) in [6.07, 6.45) is -2.57. The number of aliphatic hydroxyl groups excluding tert-OH is 3. The first-order chi connectivity index (χ1) is 13.5. The molecule has 0 radical (unpaired) electrons. The highest BCUT2D eigenvalue weighted by molar-refractivity contribution is 7.98. The first-order valence-electron chi connectivity index (χ1n) is 8.51. The van der Waals surface area contributed by atoms with Gasteiger partial charge in [0.1, 0.15) is 18.3 Å². The molecule has 0 saturated carbocycles. The first kappa shape index (κ1) is 19.9. The van der Waals surface area contributed by atoms with Crippen LogP contribution in [0.25, 0.3) is 11.0 Å². The summed E-state index contributed by atoms with van der Waals surface area (Å²) in [5.41, 5.74) is 2.05. The molecule has 3 heterocycles. The van der Waals surface area contributed by atoms with Gasteiger partial charge in [0.05, 0.1) is 33.4 Å². The van der Waals surface area contributed by atoms with Crippen LogP contribution in [0.1, 0.15) is 11.9 Å². The van der Waals surface area contributed by atoms with E-state index in [2.05, 4.69) is 9.97 Å². The second kappa shape index (κ2) is 8.16. The molecule has 1 fully saturated rings. The zero-order chi connectivity index (χ0) is 19.8. The van der Waals surface area contributed by atoms with Crippen LogP contribution in [-0.4, -0.2) is 54.8 Å². The largest absolute Gasteiger partial charge is 0.394 e. The number of hydrogen-bond acceptors (Lipinski definition) is 7. The van der Waals surface area contributed by atoms with E-state index in [1.807, 2.05) is 18.2 Å². The quantitative estimate of drug-likeness (QED) is 0.523. The highest BCUT2D eigenvalue weighted by atomic mass is 35.5. The van der Waals surface area contributed by atoms with Gasteiger partial charge in [-0.15, -0.1) is 0 Å². The van der Waals surface area contributed by atoms with Crippen LogP contribution < -0.4 is 0 Å².